The molecule has 0 spiro atoms. The van der Waals surface area contributed by atoms with Gasteiger partial charge in [0.2, 0.25) is 0 Å². The van der Waals surface area contributed by atoms with E-state index < -0.39 is 0 Å². The van der Waals surface area contributed by atoms with Crippen LogP contribution in [0, 0.1) is 10.5 Å². The van der Waals surface area contributed by atoms with Gasteiger partial charge in [-0.15, -0.1) is 0 Å². The summed E-state index contributed by atoms with van der Waals surface area (Å²) < 4.78 is 0.912. The van der Waals surface area contributed by atoms with Crippen LogP contribution in [-0.2, 0) is 0 Å². The third kappa shape index (κ3) is 2.34. The van der Waals surface area contributed by atoms with E-state index in [1.165, 1.54) is 5.56 Å². The van der Waals surface area contributed by atoms with Crippen LogP contribution in [0.3, 0.4) is 0 Å². The van der Waals surface area contributed by atoms with Gasteiger partial charge >= 0.3 is 0 Å². The van der Waals surface area contributed by atoms with Crippen LogP contribution in [0.4, 0.5) is 0 Å². The minimum atomic E-state index is 0.188. The average molecular weight is 291 g/mol. The van der Waals surface area contributed by atoms with Gasteiger partial charge < -0.3 is 10.4 Å². The zero-order chi connectivity index (χ0) is 10.0. The first-order valence-electron chi connectivity index (χ1n) is 4.22. The molecule has 72 valence electrons. The summed E-state index contributed by atoms with van der Waals surface area (Å²) in [5, 5.41) is 12.9. The first-order chi connectivity index (χ1) is 6.06. The molecular formula is C10H14INO. The number of aryl methyl sites for hydroxylation is 1. The lowest BCUT2D eigenvalue weighted by Crippen LogP contribution is -2.12. The van der Waals surface area contributed by atoms with Crippen molar-refractivity contribution in [3.05, 3.63) is 26.8 Å². The fourth-order valence-electron chi connectivity index (χ4n) is 1.25. The molecule has 0 fully saturated rings. The number of hydrogen-bond donors (Lipinski definition) is 2. The minimum Gasteiger partial charge on any atom is -0.506 e. The first kappa shape index (κ1) is 10.8. The summed E-state index contributed by atoms with van der Waals surface area (Å²) in [6.07, 6.45) is 0. The van der Waals surface area contributed by atoms with Crippen molar-refractivity contribution in [3.8, 4) is 5.75 Å². The molecule has 0 radical (unpaired) electrons. The second-order valence-electron chi connectivity index (χ2n) is 3.19. The van der Waals surface area contributed by atoms with Gasteiger partial charge in [0.1, 0.15) is 5.75 Å². The molecule has 0 bridgehead atoms. The van der Waals surface area contributed by atoms with Crippen LogP contribution in [0.1, 0.15) is 24.1 Å². The van der Waals surface area contributed by atoms with Crippen LogP contribution in [0.15, 0.2) is 12.1 Å². The van der Waals surface area contributed by atoms with Crippen molar-refractivity contribution >= 4 is 22.6 Å². The second-order valence-corrected chi connectivity index (χ2v) is 4.36. The summed E-state index contributed by atoms with van der Waals surface area (Å²) in [4.78, 5) is 0. The predicted octanol–water partition coefficient (Wildman–Crippen LogP) is 2.59. The minimum absolute atomic E-state index is 0.188. The topological polar surface area (TPSA) is 32.3 Å². The maximum atomic E-state index is 9.78. The number of hydrogen-bond acceptors (Lipinski definition) is 2. The van der Waals surface area contributed by atoms with Crippen molar-refractivity contribution in [2.75, 3.05) is 7.05 Å². The van der Waals surface area contributed by atoms with E-state index in [9.17, 15) is 5.11 Å². The Labute approximate surface area is 92.5 Å². The van der Waals surface area contributed by atoms with Crippen molar-refractivity contribution in [1.29, 1.82) is 0 Å². The summed E-state index contributed by atoms with van der Waals surface area (Å²) >= 11 is 2.15. The highest BCUT2D eigenvalue weighted by atomic mass is 127. The Balaban J connectivity index is 3.20. The largest absolute Gasteiger partial charge is 0.506 e. The zero-order valence-corrected chi connectivity index (χ0v) is 10.2. The van der Waals surface area contributed by atoms with Crippen LogP contribution in [0.2, 0.25) is 0 Å². The number of nitrogens with one attached hydrogen (secondary N) is 1. The highest BCUT2D eigenvalue weighted by Crippen LogP contribution is 2.30. The highest BCUT2D eigenvalue weighted by Gasteiger charge is 2.11. The van der Waals surface area contributed by atoms with Crippen molar-refractivity contribution in [3.63, 3.8) is 0 Å². The summed E-state index contributed by atoms with van der Waals surface area (Å²) in [7, 11) is 1.89. The maximum Gasteiger partial charge on any atom is 0.133 e. The van der Waals surface area contributed by atoms with E-state index in [1.54, 1.807) is 0 Å². The lowest BCUT2D eigenvalue weighted by molar-refractivity contribution is 0.454. The monoisotopic (exact) mass is 291 g/mol. The van der Waals surface area contributed by atoms with Gasteiger partial charge in [-0.25, -0.2) is 0 Å². The molecule has 0 aromatic heterocycles. The highest BCUT2D eigenvalue weighted by molar-refractivity contribution is 14.1. The van der Waals surface area contributed by atoms with Gasteiger partial charge in [-0.2, -0.15) is 0 Å². The quantitative estimate of drug-likeness (QED) is 0.821. The second kappa shape index (κ2) is 4.28. The lowest BCUT2D eigenvalue weighted by Gasteiger charge is -2.14. The number of halogens is 1. The Kier molecular flexibility index (Phi) is 3.55. The molecule has 0 amide bonds. The van der Waals surface area contributed by atoms with Gasteiger partial charge in [0.25, 0.3) is 0 Å². The normalized spacial score (nSPS) is 12.9. The number of phenols is 1. The zero-order valence-electron chi connectivity index (χ0n) is 8.06. The van der Waals surface area contributed by atoms with Gasteiger partial charge in [-0.3, -0.25) is 0 Å². The molecule has 1 aromatic carbocycles. The molecule has 0 heterocycles. The molecule has 1 aromatic rings. The molecule has 13 heavy (non-hydrogen) atoms. The van der Waals surface area contributed by atoms with E-state index in [1.807, 2.05) is 33.0 Å². The van der Waals surface area contributed by atoms with E-state index in [0.29, 0.717) is 5.75 Å². The van der Waals surface area contributed by atoms with E-state index in [4.69, 9.17) is 0 Å². The van der Waals surface area contributed by atoms with Crippen LogP contribution in [-0.4, -0.2) is 12.2 Å². The molecule has 0 aliphatic heterocycles. The molecular weight excluding hydrogens is 277 g/mol. The standard InChI is InChI=1S/C10H14INO/c1-6-4-8(7(2)12-3)10(13)9(11)5-6/h4-5,7,12-13H,1-3H3/t7-/m1/s1. The molecule has 2 nitrogen and oxygen atoms in total. The van der Waals surface area contributed by atoms with Crippen LogP contribution in [0.5, 0.6) is 5.75 Å². The molecule has 2 N–H and O–H groups in total. The summed E-state index contributed by atoms with van der Waals surface area (Å²) in [5.74, 6) is 0.396. The van der Waals surface area contributed by atoms with Gasteiger partial charge in [0.05, 0.1) is 3.57 Å². The molecule has 0 saturated carbocycles. The predicted molar refractivity (Wildman–Crippen MR) is 63.0 cm³/mol. The summed E-state index contributed by atoms with van der Waals surface area (Å²) in [6, 6.07) is 4.17. The van der Waals surface area contributed by atoms with Crippen molar-refractivity contribution in [1.82, 2.24) is 5.32 Å². The maximum absolute atomic E-state index is 9.78. The van der Waals surface area contributed by atoms with E-state index in [2.05, 4.69) is 27.9 Å². The molecule has 0 saturated heterocycles. The summed E-state index contributed by atoms with van der Waals surface area (Å²) in [6.45, 7) is 4.07. The summed E-state index contributed by atoms with van der Waals surface area (Å²) in [5.41, 5.74) is 2.14. The molecule has 0 unspecified atom stereocenters. The molecule has 1 rings (SSSR count). The number of benzene rings is 1. The molecule has 1 atom stereocenters. The Bertz CT molecular complexity index is 312. The fourth-order valence-corrected chi connectivity index (χ4v) is 2.05. The molecule has 0 aliphatic rings. The number of phenolic OH excluding ortho intramolecular Hbond substituents is 1. The van der Waals surface area contributed by atoms with Gasteiger partial charge in [-0.05, 0) is 55.1 Å². The van der Waals surface area contributed by atoms with E-state index in [-0.39, 0.29) is 6.04 Å². The smallest absolute Gasteiger partial charge is 0.133 e. The molecule has 0 aliphatic carbocycles. The van der Waals surface area contributed by atoms with Crippen molar-refractivity contribution < 1.29 is 5.11 Å². The van der Waals surface area contributed by atoms with Crippen LogP contribution < -0.4 is 5.32 Å². The first-order valence-corrected chi connectivity index (χ1v) is 5.30. The Morgan fingerprint density at radius 2 is 2.08 bits per heavy atom. The van der Waals surface area contributed by atoms with Crippen molar-refractivity contribution in [2.24, 2.45) is 0 Å². The Morgan fingerprint density at radius 1 is 1.46 bits per heavy atom. The van der Waals surface area contributed by atoms with Crippen LogP contribution in [0.25, 0.3) is 0 Å². The van der Waals surface area contributed by atoms with Gasteiger partial charge in [0, 0.05) is 11.6 Å². The number of aromatic hydroxyl groups is 1. The Hall–Kier alpha value is -0.290. The van der Waals surface area contributed by atoms with Gasteiger partial charge in [0.15, 0.2) is 0 Å². The van der Waals surface area contributed by atoms with E-state index in [0.717, 1.165) is 9.13 Å². The van der Waals surface area contributed by atoms with E-state index >= 15 is 0 Å². The fraction of sp³-hybridized carbons (Fsp3) is 0.400. The number of rotatable bonds is 2. The van der Waals surface area contributed by atoms with Gasteiger partial charge in [-0.1, -0.05) is 6.07 Å². The third-order valence-electron chi connectivity index (χ3n) is 2.14. The Morgan fingerprint density at radius 3 is 2.62 bits per heavy atom. The van der Waals surface area contributed by atoms with Crippen molar-refractivity contribution in [2.45, 2.75) is 19.9 Å². The SMILES string of the molecule is CN[C@H](C)c1cc(C)cc(I)c1O. The van der Waals surface area contributed by atoms with Crippen LogP contribution >= 0.6 is 22.6 Å². The average Bonchev–Trinajstić information content (AvgIpc) is 2.10. The third-order valence-corrected chi connectivity index (χ3v) is 2.96. The lowest BCUT2D eigenvalue weighted by atomic mass is 10.0. The molecule has 3 heteroatoms.